The number of aromatic nitrogens is 3. The van der Waals surface area contributed by atoms with E-state index in [9.17, 15) is 4.79 Å². The number of nitrogens with one attached hydrogen (secondary N) is 1. The Hall–Kier alpha value is -2.93. The number of hydrazone groups is 1. The van der Waals surface area contributed by atoms with Gasteiger partial charge in [-0.25, -0.2) is 5.43 Å². The van der Waals surface area contributed by atoms with Crippen LogP contribution in [0.5, 0.6) is 0 Å². The predicted molar refractivity (Wildman–Crippen MR) is 93.8 cm³/mol. The molecule has 0 bridgehead atoms. The molecule has 0 unspecified atom stereocenters. The van der Waals surface area contributed by atoms with Crippen LogP contribution in [-0.2, 0) is 6.54 Å². The van der Waals surface area contributed by atoms with Crippen molar-refractivity contribution in [2.24, 2.45) is 5.10 Å². The quantitative estimate of drug-likeness (QED) is 0.562. The highest BCUT2D eigenvalue weighted by molar-refractivity contribution is 6.31. The lowest BCUT2D eigenvalue weighted by atomic mass is 10.3. The number of halogens is 1. The second-order valence-electron chi connectivity index (χ2n) is 5.39. The lowest BCUT2D eigenvalue weighted by molar-refractivity contribution is 0.0925. The van der Waals surface area contributed by atoms with Crippen LogP contribution >= 0.6 is 11.6 Å². The molecule has 0 aliphatic carbocycles. The summed E-state index contributed by atoms with van der Waals surface area (Å²) in [5.41, 5.74) is 4.86. The van der Waals surface area contributed by atoms with Crippen LogP contribution in [0.4, 0.5) is 0 Å². The Labute approximate surface area is 149 Å². The van der Waals surface area contributed by atoms with Crippen molar-refractivity contribution in [3.63, 3.8) is 0 Å². The van der Waals surface area contributed by atoms with E-state index in [2.05, 4.69) is 20.6 Å². The van der Waals surface area contributed by atoms with Gasteiger partial charge in [0.15, 0.2) is 5.76 Å². The monoisotopic (exact) mass is 357 g/mol. The molecular formula is C17H16ClN5O2. The van der Waals surface area contributed by atoms with Crippen molar-refractivity contribution in [2.75, 3.05) is 0 Å². The van der Waals surface area contributed by atoms with Crippen LogP contribution in [0.1, 0.15) is 33.3 Å². The fourth-order valence-corrected chi connectivity index (χ4v) is 2.37. The molecule has 0 radical (unpaired) electrons. The maximum atomic E-state index is 12.1. The van der Waals surface area contributed by atoms with Gasteiger partial charge >= 0.3 is 5.91 Å². The van der Waals surface area contributed by atoms with Crippen molar-refractivity contribution in [1.29, 1.82) is 0 Å². The van der Waals surface area contributed by atoms with Crippen molar-refractivity contribution in [2.45, 2.75) is 20.4 Å². The Kier molecular flexibility index (Phi) is 4.95. The predicted octanol–water partition coefficient (Wildman–Crippen LogP) is 2.95. The molecule has 0 saturated heterocycles. The first-order valence-corrected chi connectivity index (χ1v) is 7.94. The third kappa shape index (κ3) is 3.95. The molecule has 25 heavy (non-hydrogen) atoms. The van der Waals surface area contributed by atoms with Gasteiger partial charge in [0.05, 0.1) is 29.2 Å². The van der Waals surface area contributed by atoms with Gasteiger partial charge in [0, 0.05) is 12.4 Å². The zero-order chi connectivity index (χ0) is 17.8. The Bertz CT molecular complexity index is 915. The van der Waals surface area contributed by atoms with Crippen LogP contribution in [0.15, 0.2) is 46.2 Å². The maximum Gasteiger partial charge on any atom is 0.307 e. The number of aryl methyl sites for hydroxylation is 1. The number of amides is 1. The van der Waals surface area contributed by atoms with Crippen LogP contribution in [0, 0.1) is 13.8 Å². The molecule has 0 saturated carbocycles. The number of carbonyl (C=O) groups excluding carboxylic acids is 1. The van der Waals surface area contributed by atoms with E-state index in [0.717, 1.165) is 17.0 Å². The zero-order valence-electron chi connectivity index (χ0n) is 13.7. The topological polar surface area (TPSA) is 85.3 Å². The van der Waals surface area contributed by atoms with E-state index in [1.807, 2.05) is 13.8 Å². The number of hydrogen-bond donors (Lipinski definition) is 1. The van der Waals surface area contributed by atoms with Crippen LogP contribution < -0.4 is 5.43 Å². The van der Waals surface area contributed by atoms with Crippen molar-refractivity contribution in [3.05, 3.63) is 70.2 Å². The highest BCUT2D eigenvalue weighted by Crippen LogP contribution is 2.20. The first kappa shape index (κ1) is 16.9. The van der Waals surface area contributed by atoms with Crippen molar-refractivity contribution in [3.8, 4) is 0 Å². The molecule has 3 rings (SSSR count). The van der Waals surface area contributed by atoms with Crippen LogP contribution in [0.2, 0.25) is 5.02 Å². The van der Waals surface area contributed by atoms with Crippen LogP contribution in [0.3, 0.4) is 0 Å². The molecule has 8 heteroatoms. The molecule has 3 aromatic rings. The largest absolute Gasteiger partial charge is 0.454 e. The highest BCUT2D eigenvalue weighted by Gasteiger charge is 2.14. The number of furan rings is 1. The molecule has 7 nitrogen and oxygen atoms in total. The summed E-state index contributed by atoms with van der Waals surface area (Å²) in [6.07, 6.45) is 4.82. The first-order chi connectivity index (χ1) is 12.0. The first-order valence-electron chi connectivity index (χ1n) is 7.56. The third-order valence-electron chi connectivity index (χ3n) is 3.57. The van der Waals surface area contributed by atoms with E-state index in [1.54, 1.807) is 41.3 Å². The van der Waals surface area contributed by atoms with Gasteiger partial charge in [0.1, 0.15) is 5.76 Å². The fraction of sp³-hybridized carbons (Fsp3) is 0.176. The van der Waals surface area contributed by atoms with Gasteiger partial charge < -0.3 is 4.42 Å². The van der Waals surface area contributed by atoms with Gasteiger partial charge in [-0.2, -0.15) is 10.2 Å². The minimum absolute atomic E-state index is 0.175. The molecule has 128 valence electrons. The summed E-state index contributed by atoms with van der Waals surface area (Å²) in [6, 6.07) is 6.88. The average molecular weight is 358 g/mol. The lowest BCUT2D eigenvalue weighted by Crippen LogP contribution is -2.16. The number of rotatable bonds is 5. The molecule has 3 aromatic heterocycles. The molecular weight excluding hydrogens is 342 g/mol. The number of pyridine rings is 1. The minimum Gasteiger partial charge on any atom is -0.454 e. The molecule has 1 amide bonds. The number of hydrogen-bond acceptors (Lipinski definition) is 5. The van der Waals surface area contributed by atoms with Crippen LogP contribution in [-0.4, -0.2) is 26.9 Å². The number of nitrogens with zero attached hydrogens (tertiary/aromatic N) is 4. The molecule has 0 atom stereocenters. The summed E-state index contributed by atoms with van der Waals surface area (Å²) in [4.78, 5) is 16.0. The van der Waals surface area contributed by atoms with Crippen molar-refractivity contribution < 1.29 is 9.21 Å². The number of carbonyl (C=O) groups is 1. The Morgan fingerprint density at radius 2 is 2.08 bits per heavy atom. The molecule has 1 N–H and O–H groups in total. The van der Waals surface area contributed by atoms with Gasteiger partial charge in [0.2, 0.25) is 0 Å². The Morgan fingerprint density at radius 3 is 2.76 bits per heavy atom. The summed E-state index contributed by atoms with van der Waals surface area (Å²) in [5, 5.41) is 8.87. The summed E-state index contributed by atoms with van der Waals surface area (Å²) in [6.45, 7) is 4.12. The van der Waals surface area contributed by atoms with E-state index in [4.69, 9.17) is 16.0 Å². The summed E-state index contributed by atoms with van der Waals surface area (Å²) < 4.78 is 7.29. The zero-order valence-corrected chi connectivity index (χ0v) is 14.5. The third-order valence-corrected chi connectivity index (χ3v) is 4.12. The van der Waals surface area contributed by atoms with E-state index >= 15 is 0 Å². The van der Waals surface area contributed by atoms with E-state index in [0.29, 0.717) is 17.3 Å². The molecule has 0 spiro atoms. The van der Waals surface area contributed by atoms with E-state index < -0.39 is 5.91 Å². The van der Waals surface area contributed by atoms with E-state index in [1.165, 1.54) is 6.21 Å². The van der Waals surface area contributed by atoms with Gasteiger partial charge in [-0.1, -0.05) is 11.6 Å². The maximum absolute atomic E-state index is 12.1. The summed E-state index contributed by atoms with van der Waals surface area (Å²) >= 11 is 6.13. The highest BCUT2D eigenvalue weighted by atomic mass is 35.5. The fourth-order valence-electron chi connectivity index (χ4n) is 2.23. The summed E-state index contributed by atoms with van der Waals surface area (Å²) in [7, 11) is 0. The second-order valence-corrected chi connectivity index (χ2v) is 5.77. The SMILES string of the molecule is Cc1nn(Cc2ccc(C(=O)N/N=C\c3ccncc3)o2)c(C)c1Cl. The smallest absolute Gasteiger partial charge is 0.307 e. The van der Waals surface area contributed by atoms with Gasteiger partial charge in [0.25, 0.3) is 0 Å². The Balaban J connectivity index is 1.63. The normalized spacial score (nSPS) is 11.2. The van der Waals surface area contributed by atoms with Gasteiger partial charge in [-0.3, -0.25) is 14.5 Å². The molecule has 0 aromatic carbocycles. The standard InChI is InChI=1S/C17H16ClN5O2/c1-11-16(18)12(2)23(22-11)10-14-3-4-15(25-14)17(24)21-20-9-13-5-7-19-8-6-13/h3-9H,10H2,1-2H3,(H,21,24)/b20-9-. The average Bonchev–Trinajstić information content (AvgIpc) is 3.17. The Morgan fingerprint density at radius 1 is 1.32 bits per heavy atom. The van der Waals surface area contributed by atoms with Gasteiger partial charge in [-0.15, -0.1) is 0 Å². The second kappa shape index (κ2) is 7.31. The van der Waals surface area contributed by atoms with Crippen molar-refractivity contribution in [1.82, 2.24) is 20.2 Å². The molecule has 0 aliphatic heterocycles. The van der Waals surface area contributed by atoms with Crippen LogP contribution in [0.25, 0.3) is 0 Å². The minimum atomic E-state index is -0.428. The van der Waals surface area contributed by atoms with Crippen molar-refractivity contribution >= 4 is 23.7 Å². The molecule has 3 heterocycles. The van der Waals surface area contributed by atoms with E-state index in [-0.39, 0.29) is 5.76 Å². The lowest BCUT2D eigenvalue weighted by Gasteiger charge is -2.01. The molecule has 0 aliphatic rings. The molecule has 0 fully saturated rings. The summed E-state index contributed by atoms with van der Waals surface area (Å²) in [5.74, 6) is 0.350. The van der Waals surface area contributed by atoms with Gasteiger partial charge in [-0.05, 0) is 43.7 Å².